The second-order valence-electron chi connectivity index (χ2n) is 5.73. The van der Waals surface area contributed by atoms with Crippen molar-refractivity contribution in [3.05, 3.63) is 46.2 Å². The fourth-order valence-corrected chi connectivity index (χ4v) is 2.69. The summed E-state index contributed by atoms with van der Waals surface area (Å²) in [7, 11) is 0. The van der Waals surface area contributed by atoms with Crippen molar-refractivity contribution in [2.75, 3.05) is 6.54 Å². The Kier molecular flexibility index (Phi) is 7.20. The van der Waals surface area contributed by atoms with Crippen LogP contribution < -0.4 is 10.7 Å². The van der Waals surface area contributed by atoms with Crippen molar-refractivity contribution in [1.82, 2.24) is 20.5 Å². The van der Waals surface area contributed by atoms with E-state index in [9.17, 15) is 13.2 Å². The Morgan fingerprint density at radius 1 is 1.41 bits per heavy atom. The van der Waals surface area contributed by atoms with Crippen LogP contribution >= 0.6 is 23.8 Å². The molecule has 146 valence electrons. The first-order valence-corrected chi connectivity index (χ1v) is 9.02. The summed E-state index contributed by atoms with van der Waals surface area (Å²) in [4.78, 5) is 0. The molecule has 2 aromatic rings. The molecular weight excluding hydrogens is 399 g/mol. The fourth-order valence-electron chi connectivity index (χ4n) is 2.22. The average Bonchev–Trinajstić information content (AvgIpc) is 2.89. The summed E-state index contributed by atoms with van der Waals surface area (Å²) in [6.45, 7) is 4.50. The topological polar surface area (TPSA) is 54.2 Å². The highest BCUT2D eigenvalue weighted by atomic mass is 35.5. The van der Waals surface area contributed by atoms with E-state index in [1.54, 1.807) is 6.92 Å². The van der Waals surface area contributed by atoms with Crippen molar-refractivity contribution < 1.29 is 13.2 Å². The number of aryl methyl sites for hydroxylation is 1. The highest BCUT2D eigenvalue weighted by Gasteiger charge is 2.30. The number of benzene rings is 1. The molecule has 27 heavy (non-hydrogen) atoms. The maximum Gasteiger partial charge on any atom is 0.416 e. The molecule has 1 heterocycles. The molecule has 0 fully saturated rings. The molecule has 0 aliphatic carbocycles. The van der Waals surface area contributed by atoms with Crippen molar-refractivity contribution in [2.24, 2.45) is 5.10 Å². The molecular formula is C17H19ClF3N5S. The third kappa shape index (κ3) is 5.67. The predicted octanol–water partition coefficient (Wildman–Crippen LogP) is 4.45. The quantitative estimate of drug-likeness (QED) is 0.315. The summed E-state index contributed by atoms with van der Waals surface area (Å²) in [5, 5.41) is 11.7. The molecule has 0 unspecified atom stereocenters. The molecule has 0 saturated heterocycles. The standard InChI is InChI=1S/C17H19ClF3N5S/c1-3-4-8-22-16(27)24-23-10-14-11(2)25-26(15(14)18)13-7-5-6-12(9-13)17(19,20)21/h5-7,9-10H,3-4,8H2,1-2H3,(H2,22,24,27). The summed E-state index contributed by atoms with van der Waals surface area (Å²) in [5.74, 6) is 0. The van der Waals surface area contributed by atoms with Crippen LogP contribution in [0.25, 0.3) is 5.69 Å². The first kappa shape index (κ1) is 21.2. The van der Waals surface area contributed by atoms with Crippen molar-refractivity contribution in [2.45, 2.75) is 32.9 Å². The molecule has 2 rings (SSSR count). The van der Waals surface area contributed by atoms with Gasteiger partial charge in [-0.25, -0.2) is 4.68 Å². The van der Waals surface area contributed by atoms with Gasteiger partial charge >= 0.3 is 6.18 Å². The molecule has 10 heteroatoms. The van der Waals surface area contributed by atoms with E-state index >= 15 is 0 Å². The number of alkyl halides is 3. The van der Waals surface area contributed by atoms with Gasteiger partial charge in [0.05, 0.1) is 28.7 Å². The molecule has 1 aromatic carbocycles. The molecule has 0 radical (unpaired) electrons. The van der Waals surface area contributed by atoms with E-state index in [-0.39, 0.29) is 10.8 Å². The Hall–Kier alpha value is -2.13. The number of aromatic nitrogens is 2. The first-order chi connectivity index (χ1) is 12.7. The number of halogens is 4. The number of hydrogen-bond acceptors (Lipinski definition) is 3. The first-order valence-electron chi connectivity index (χ1n) is 8.23. The van der Waals surface area contributed by atoms with E-state index in [1.807, 2.05) is 0 Å². The second-order valence-corrected chi connectivity index (χ2v) is 6.50. The zero-order valence-corrected chi connectivity index (χ0v) is 16.3. The van der Waals surface area contributed by atoms with Crippen LogP contribution in [0.4, 0.5) is 13.2 Å². The lowest BCUT2D eigenvalue weighted by Gasteiger charge is -2.09. The van der Waals surface area contributed by atoms with Crippen LogP contribution in [0.3, 0.4) is 0 Å². The maximum atomic E-state index is 12.9. The monoisotopic (exact) mass is 417 g/mol. The average molecular weight is 418 g/mol. The Morgan fingerprint density at radius 3 is 2.81 bits per heavy atom. The fraction of sp³-hybridized carbons (Fsp3) is 0.353. The van der Waals surface area contributed by atoms with Gasteiger partial charge in [-0.05, 0) is 43.8 Å². The van der Waals surface area contributed by atoms with Crippen LogP contribution in [0, 0.1) is 6.92 Å². The van der Waals surface area contributed by atoms with E-state index in [2.05, 4.69) is 27.9 Å². The van der Waals surface area contributed by atoms with Crippen LogP contribution in [0.1, 0.15) is 36.6 Å². The second kappa shape index (κ2) is 9.18. The zero-order valence-electron chi connectivity index (χ0n) is 14.8. The molecule has 0 aliphatic rings. The van der Waals surface area contributed by atoms with Crippen LogP contribution in [-0.4, -0.2) is 27.7 Å². The van der Waals surface area contributed by atoms with Crippen molar-refractivity contribution in [3.63, 3.8) is 0 Å². The van der Waals surface area contributed by atoms with Gasteiger partial charge in [-0.2, -0.15) is 23.4 Å². The molecule has 0 aliphatic heterocycles. The molecule has 0 amide bonds. The van der Waals surface area contributed by atoms with E-state index < -0.39 is 11.7 Å². The van der Waals surface area contributed by atoms with Gasteiger partial charge in [0.2, 0.25) is 0 Å². The molecule has 0 atom stereocenters. The van der Waals surface area contributed by atoms with Crippen LogP contribution in [0.2, 0.25) is 5.15 Å². The highest BCUT2D eigenvalue weighted by Crippen LogP contribution is 2.31. The molecule has 1 aromatic heterocycles. The Morgan fingerprint density at radius 2 is 2.15 bits per heavy atom. The zero-order chi connectivity index (χ0) is 20.0. The number of unbranched alkanes of at least 4 members (excludes halogenated alkanes) is 1. The number of hydrazone groups is 1. The van der Waals surface area contributed by atoms with Gasteiger partial charge in [-0.15, -0.1) is 0 Å². The largest absolute Gasteiger partial charge is 0.416 e. The number of thiocarbonyl (C=S) groups is 1. The van der Waals surface area contributed by atoms with Gasteiger partial charge in [0.1, 0.15) is 5.15 Å². The van der Waals surface area contributed by atoms with Crippen LogP contribution in [0.5, 0.6) is 0 Å². The normalized spacial score (nSPS) is 11.8. The summed E-state index contributed by atoms with van der Waals surface area (Å²) < 4.78 is 40.0. The summed E-state index contributed by atoms with van der Waals surface area (Å²) >= 11 is 11.4. The van der Waals surface area contributed by atoms with Gasteiger partial charge in [0.25, 0.3) is 0 Å². The Labute approximate surface area is 165 Å². The van der Waals surface area contributed by atoms with Crippen molar-refractivity contribution >= 4 is 35.1 Å². The number of nitrogens with zero attached hydrogens (tertiary/aromatic N) is 3. The lowest BCUT2D eigenvalue weighted by Crippen LogP contribution is -2.32. The molecule has 0 bridgehead atoms. The van der Waals surface area contributed by atoms with E-state index in [0.717, 1.165) is 31.5 Å². The minimum Gasteiger partial charge on any atom is -0.361 e. The SMILES string of the molecule is CCCCNC(=S)NN=Cc1c(C)nn(-c2cccc(C(F)(F)F)c2)c1Cl. The lowest BCUT2D eigenvalue weighted by molar-refractivity contribution is -0.137. The summed E-state index contributed by atoms with van der Waals surface area (Å²) in [5.41, 5.74) is 3.11. The van der Waals surface area contributed by atoms with Crippen molar-refractivity contribution in [3.8, 4) is 5.69 Å². The van der Waals surface area contributed by atoms with Gasteiger partial charge < -0.3 is 5.32 Å². The Balaban J connectivity index is 2.17. The third-order valence-electron chi connectivity index (χ3n) is 3.64. The number of hydrogen-bond donors (Lipinski definition) is 2. The number of nitrogens with one attached hydrogen (secondary N) is 2. The third-order valence-corrected chi connectivity index (χ3v) is 4.24. The summed E-state index contributed by atoms with van der Waals surface area (Å²) in [6, 6.07) is 4.79. The minimum absolute atomic E-state index is 0.155. The van der Waals surface area contributed by atoms with Gasteiger partial charge in [-0.3, -0.25) is 5.43 Å². The van der Waals surface area contributed by atoms with E-state index in [4.69, 9.17) is 23.8 Å². The van der Waals surface area contributed by atoms with E-state index in [0.29, 0.717) is 16.4 Å². The van der Waals surface area contributed by atoms with Gasteiger partial charge in [-0.1, -0.05) is 31.0 Å². The predicted molar refractivity (Wildman–Crippen MR) is 105 cm³/mol. The maximum absolute atomic E-state index is 12.9. The smallest absolute Gasteiger partial charge is 0.361 e. The summed E-state index contributed by atoms with van der Waals surface area (Å²) in [6.07, 6.45) is -0.982. The van der Waals surface area contributed by atoms with Crippen molar-refractivity contribution in [1.29, 1.82) is 0 Å². The molecule has 2 N–H and O–H groups in total. The Bertz CT molecular complexity index is 832. The minimum atomic E-state index is -4.45. The highest BCUT2D eigenvalue weighted by molar-refractivity contribution is 7.80. The van der Waals surface area contributed by atoms with Crippen LogP contribution in [0.15, 0.2) is 29.4 Å². The van der Waals surface area contributed by atoms with Crippen LogP contribution in [-0.2, 0) is 6.18 Å². The molecule has 0 spiro atoms. The molecule has 5 nitrogen and oxygen atoms in total. The molecule has 0 saturated carbocycles. The van der Waals surface area contributed by atoms with E-state index in [1.165, 1.54) is 23.0 Å². The lowest BCUT2D eigenvalue weighted by atomic mass is 10.2. The number of rotatable bonds is 6. The van der Waals surface area contributed by atoms with Gasteiger partial charge in [0.15, 0.2) is 5.11 Å². The van der Waals surface area contributed by atoms with Gasteiger partial charge in [0, 0.05) is 6.54 Å².